The average Bonchev–Trinajstić information content (AvgIpc) is 3.38. The number of hydrogen-bond acceptors (Lipinski definition) is 5. The van der Waals surface area contributed by atoms with Gasteiger partial charge < -0.3 is 20.5 Å². The number of carboxylic acids is 1. The highest BCUT2D eigenvalue weighted by Crippen LogP contribution is 2.44. The topological polar surface area (TPSA) is 123 Å². The molecule has 0 saturated carbocycles. The Balaban J connectivity index is 1.39. The molecule has 1 atom stereocenters. The predicted molar refractivity (Wildman–Crippen MR) is 127 cm³/mol. The Kier molecular flexibility index (Phi) is 6.83. The fraction of sp³-hybridized carbons (Fsp3) is 0.231. The standard InChI is InChI=1S/C26H24N4O5/c1-3-8-22(25(32)33)29-24(31)20-13-28-30(2)23(20)14-27-26(34)35-15-21-18-11-6-4-9-16(18)17-10-5-7-12-19(17)21/h1,4-7,9-13,21-22H,8,14-15H2,2H3,(H,27,34)(H,29,31)(H,32,33). The first-order valence-corrected chi connectivity index (χ1v) is 11.0. The Labute approximate surface area is 202 Å². The summed E-state index contributed by atoms with van der Waals surface area (Å²) in [5.41, 5.74) is 4.99. The maximum Gasteiger partial charge on any atom is 0.407 e. The number of aliphatic carboxylic acids is 1. The van der Waals surface area contributed by atoms with Crippen LogP contribution in [-0.4, -0.2) is 45.5 Å². The summed E-state index contributed by atoms with van der Waals surface area (Å²) in [5, 5.41) is 18.3. The summed E-state index contributed by atoms with van der Waals surface area (Å²) >= 11 is 0. The van der Waals surface area contributed by atoms with Crippen molar-refractivity contribution < 1.29 is 24.2 Å². The monoisotopic (exact) mass is 472 g/mol. The van der Waals surface area contributed by atoms with Crippen molar-refractivity contribution in [3.05, 3.63) is 77.1 Å². The molecule has 2 aromatic carbocycles. The Bertz CT molecular complexity index is 1280. The number of aromatic nitrogens is 2. The van der Waals surface area contributed by atoms with Crippen molar-refractivity contribution in [2.75, 3.05) is 6.61 Å². The molecule has 0 saturated heterocycles. The lowest BCUT2D eigenvalue weighted by Crippen LogP contribution is -2.41. The molecule has 1 aromatic heterocycles. The van der Waals surface area contributed by atoms with Crippen molar-refractivity contribution in [3.8, 4) is 23.5 Å². The number of rotatable bonds is 8. The summed E-state index contributed by atoms with van der Waals surface area (Å²) in [6, 6.07) is 14.9. The number of carboxylic acid groups (broad SMARTS) is 1. The van der Waals surface area contributed by atoms with Crippen LogP contribution in [0.1, 0.15) is 39.5 Å². The number of carbonyl (C=O) groups excluding carboxylic acids is 2. The number of benzene rings is 2. The summed E-state index contributed by atoms with van der Waals surface area (Å²) in [4.78, 5) is 36.4. The van der Waals surface area contributed by atoms with Crippen molar-refractivity contribution in [2.24, 2.45) is 7.05 Å². The lowest BCUT2D eigenvalue weighted by Gasteiger charge is -2.15. The van der Waals surface area contributed by atoms with Crippen LogP contribution in [0.2, 0.25) is 0 Å². The molecule has 178 valence electrons. The summed E-state index contributed by atoms with van der Waals surface area (Å²) in [7, 11) is 1.61. The molecule has 9 nitrogen and oxygen atoms in total. The van der Waals surface area contributed by atoms with Gasteiger partial charge in [-0.05, 0) is 22.3 Å². The maximum atomic E-state index is 12.6. The summed E-state index contributed by atoms with van der Waals surface area (Å²) < 4.78 is 6.95. The van der Waals surface area contributed by atoms with Gasteiger partial charge >= 0.3 is 12.1 Å². The van der Waals surface area contributed by atoms with Gasteiger partial charge in [0, 0.05) is 19.4 Å². The fourth-order valence-corrected chi connectivity index (χ4v) is 4.22. The average molecular weight is 473 g/mol. The Morgan fingerprint density at radius 1 is 1.14 bits per heavy atom. The van der Waals surface area contributed by atoms with Crippen LogP contribution in [0.3, 0.4) is 0 Å². The zero-order chi connectivity index (χ0) is 24.9. The highest BCUT2D eigenvalue weighted by molar-refractivity contribution is 5.97. The van der Waals surface area contributed by atoms with E-state index in [9.17, 15) is 19.5 Å². The van der Waals surface area contributed by atoms with Gasteiger partial charge in [0.2, 0.25) is 0 Å². The van der Waals surface area contributed by atoms with E-state index >= 15 is 0 Å². The fourth-order valence-electron chi connectivity index (χ4n) is 4.22. The summed E-state index contributed by atoms with van der Waals surface area (Å²) in [6.45, 7) is 0.119. The van der Waals surface area contributed by atoms with Gasteiger partial charge in [-0.25, -0.2) is 9.59 Å². The molecule has 9 heteroatoms. The molecular formula is C26H24N4O5. The van der Waals surface area contributed by atoms with Crippen LogP contribution in [-0.2, 0) is 23.1 Å². The minimum absolute atomic E-state index is 0.0389. The van der Waals surface area contributed by atoms with Crippen LogP contribution in [0.25, 0.3) is 11.1 Å². The molecule has 0 fully saturated rings. The van der Waals surface area contributed by atoms with Crippen LogP contribution >= 0.6 is 0 Å². The van der Waals surface area contributed by atoms with Gasteiger partial charge in [0.1, 0.15) is 12.6 Å². The predicted octanol–water partition coefficient (Wildman–Crippen LogP) is 2.67. The third kappa shape index (κ3) is 4.87. The molecule has 1 unspecified atom stereocenters. The first-order valence-electron chi connectivity index (χ1n) is 11.0. The second-order valence-corrected chi connectivity index (χ2v) is 8.08. The van der Waals surface area contributed by atoms with E-state index in [0.29, 0.717) is 5.69 Å². The van der Waals surface area contributed by atoms with Crippen LogP contribution in [0.5, 0.6) is 0 Å². The molecule has 3 aromatic rings. The molecule has 0 spiro atoms. The maximum absolute atomic E-state index is 12.6. The number of alkyl carbamates (subject to hydrolysis) is 1. The zero-order valence-corrected chi connectivity index (χ0v) is 19.0. The van der Waals surface area contributed by atoms with Gasteiger partial charge in [-0.2, -0.15) is 5.10 Å². The lowest BCUT2D eigenvalue weighted by atomic mass is 9.98. The third-order valence-corrected chi connectivity index (χ3v) is 5.98. The van der Waals surface area contributed by atoms with Crippen molar-refractivity contribution in [1.29, 1.82) is 0 Å². The molecule has 0 aliphatic heterocycles. The Morgan fingerprint density at radius 3 is 2.37 bits per heavy atom. The highest BCUT2D eigenvalue weighted by Gasteiger charge is 2.29. The van der Waals surface area contributed by atoms with E-state index in [4.69, 9.17) is 11.2 Å². The first kappa shape index (κ1) is 23.6. The van der Waals surface area contributed by atoms with Crippen LogP contribution < -0.4 is 10.6 Å². The molecule has 4 rings (SSSR count). The zero-order valence-electron chi connectivity index (χ0n) is 19.0. The van der Waals surface area contributed by atoms with Crippen LogP contribution in [0.15, 0.2) is 54.7 Å². The van der Waals surface area contributed by atoms with Gasteiger partial charge in [-0.3, -0.25) is 9.48 Å². The van der Waals surface area contributed by atoms with Crippen molar-refractivity contribution in [1.82, 2.24) is 20.4 Å². The minimum Gasteiger partial charge on any atom is -0.480 e. The lowest BCUT2D eigenvalue weighted by molar-refractivity contribution is -0.139. The molecule has 1 aliphatic carbocycles. The van der Waals surface area contributed by atoms with Crippen molar-refractivity contribution in [2.45, 2.75) is 24.9 Å². The van der Waals surface area contributed by atoms with Gasteiger partial charge in [0.15, 0.2) is 0 Å². The number of amides is 2. The molecular weight excluding hydrogens is 448 g/mol. The molecule has 1 heterocycles. The quantitative estimate of drug-likeness (QED) is 0.433. The number of nitrogens with zero attached hydrogens (tertiary/aromatic N) is 2. The smallest absolute Gasteiger partial charge is 0.407 e. The molecule has 1 aliphatic rings. The van der Waals surface area contributed by atoms with E-state index in [0.717, 1.165) is 22.3 Å². The second kappa shape index (κ2) is 10.1. The normalized spacial score (nSPS) is 12.7. The van der Waals surface area contributed by atoms with Gasteiger partial charge in [-0.15, -0.1) is 12.3 Å². The highest BCUT2D eigenvalue weighted by atomic mass is 16.5. The summed E-state index contributed by atoms with van der Waals surface area (Å²) in [6.07, 6.45) is 5.68. The minimum atomic E-state index is -1.24. The van der Waals surface area contributed by atoms with E-state index in [1.54, 1.807) is 7.05 Å². The van der Waals surface area contributed by atoms with Crippen molar-refractivity contribution in [3.63, 3.8) is 0 Å². The van der Waals surface area contributed by atoms with Crippen LogP contribution in [0.4, 0.5) is 4.79 Å². The van der Waals surface area contributed by atoms with E-state index < -0.39 is 24.0 Å². The first-order chi connectivity index (χ1) is 16.9. The van der Waals surface area contributed by atoms with E-state index in [1.807, 2.05) is 36.4 Å². The van der Waals surface area contributed by atoms with E-state index in [-0.39, 0.29) is 31.1 Å². The Morgan fingerprint density at radius 2 is 1.77 bits per heavy atom. The van der Waals surface area contributed by atoms with Crippen LogP contribution in [0, 0.1) is 12.3 Å². The molecule has 0 bridgehead atoms. The number of terminal acetylenes is 1. The Hall–Kier alpha value is -4.58. The number of carbonyl (C=O) groups is 3. The largest absolute Gasteiger partial charge is 0.480 e. The second-order valence-electron chi connectivity index (χ2n) is 8.08. The van der Waals surface area contributed by atoms with Gasteiger partial charge in [0.25, 0.3) is 5.91 Å². The number of aryl methyl sites for hydroxylation is 1. The molecule has 35 heavy (non-hydrogen) atoms. The number of hydrogen-bond donors (Lipinski definition) is 3. The summed E-state index contributed by atoms with van der Waals surface area (Å²) in [5.74, 6) is 0.266. The number of nitrogens with one attached hydrogen (secondary N) is 2. The molecule has 2 amide bonds. The van der Waals surface area contributed by atoms with Crippen molar-refractivity contribution >= 4 is 18.0 Å². The molecule has 3 N–H and O–H groups in total. The number of ether oxygens (including phenoxy) is 1. The third-order valence-electron chi connectivity index (χ3n) is 5.98. The molecule has 0 radical (unpaired) electrons. The van der Waals surface area contributed by atoms with E-state index in [1.165, 1.54) is 10.9 Å². The van der Waals surface area contributed by atoms with Gasteiger partial charge in [0.05, 0.1) is 24.0 Å². The van der Waals surface area contributed by atoms with E-state index in [2.05, 4.69) is 33.8 Å². The number of fused-ring (bicyclic) bond motifs is 3. The van der Waals surface area contributed by atoms with Gasteiger partial charge in [-0.1, -0.05) is 48.5 Å². The SMILES string of the molecule is C#CCC(NC(=O)c1cnn(C)c1CNC(=O)OCC1c2ccccc2-c2ccccc21)C(=O)O.